The summed E-state index contributed by atoms with van der Waals surface area (Å²) in [7, 11) is 0. The van der Waals surface area contributed by atoms with Crippen molar-refractivity contribution in [3.8, 4) is 11.3 Å². The van der Waals surface area contributed by atoms with E-state index >= 15 is 0 Å². The summed E-state index contributed by atoms with van der Waals surface area (Å²) in [4.78, 5) is 43.6. The van der Waals surface area contributed by atoms with E-state index in [4.69, 9.17) is 10.8 Å². The third-order valence-electron chi connectivity index (χ3n) is 6.96. The van der Waals surface area contributed by atoms with Gasteiger partial charge >= 0.3 is 0 Å². The lowest BCUT2D eigenvalue weighted by atomic mass is 10.1. The number of carbonyl (C=O) groups is 2. The molecule has 2 bridgehead atoms. The molecule has 4 aromatic rings. The highest BCUT2D eigenvalue weighted by molar-refractivity contribution is 6.04. The number of nitrogens with zero attached hydrogens (tertiary/aromatic N) is 7. The Balaban J connectivity index is 1.35. The first kappa shape index (κ1) is 21.8. The highest BCUT2D eigenvalue weighted by Gasteiger charge is 2.48. The van der Waals surface area contributed by atoms with Crippen molar-refractivity contribution < 1.29 is 9.59 Å². The molecule has 6 rings (SSSR count). The van der Waals surface area contributed by atoms with Gasteiger partial charge in [-0.1, -0.05) is 18.7 Å². The molecule has 2 aliphatic rings. The summed E-state index contributed by atoms with van der Waals surface area (Å²) in [6.07, 6.45) is 9.16. The van der Waals surface area contributed by atoms with Crippen LogP contribution in [-0.2, 0) is 4.79 Å². The van der Waals surface area contributed by atoms with Gasteiger partial charge in [-0.3, -0.25) is 14.6 Å². The maximum absolute atomic E-state index is 12.6. The zero-order valence-corrected chi connectivity index (χ0v) is 19.3. The van der Waals surface area contributed by atoms with E-state index < -0.39 is 0 Å². The van der Waals surface area contributed by atoms with Gasteiger partial charge in [-0.2, -0.15) is 5.10 Å². The van der Waals surface area contributed by atoms with E-state index in [2.05, 4.69) is 31.8 Å². The van der Waals surface area contributed by atoms with Crippen LogP contribution < -0.4 is 11.1 Å². The number of fused-ring (bicyclic) bond motifs is 3. The van der Waals surface area contributed by atoms with Crippen LogP contribution in [0.3, 0.4) is 0 Å². The molecule has 1 aliphatic carbocycles. The molecule has 2 fully saturated rings. The van der Waals surface area contributed by atoms with Crippen molar-refractivity contribution in [1.82, 2.24) is 34.6 Å². The summed E-state index contributed by atoms with van der Waals surface area (Å²) >= 11 is 0. The van der Waals surface area contributed by atoms with Crippen molar-refractivity contribution in [1.29, 1.82) is 0 Å². The van der Waals surface area contributed by atoms with Crippen molar-refractivity contribution in [2.75, 3.05) is 17.6 Å². The average molecular weight is 482 g/mol. The van der Waals surface area contributed by atoms with Gasteiger partial charge in [-0.15, -0.1) is 0 Å². The Morgan fingerprint density at radius 2 is 1.89 bits per heavy atom. The second kappa shape index (κ2) is 8.52. The topological polar surface area (TPSA) is 145 Å². The molecular weight excluding hydrogens is 458 g/mol. The fourth-order valence-electron chi connectivity index (χ4n) is 5.38. The zero-order chi connectivity index (χ0) is 24.8. The van der Waals surface area contributed by atoms with E-state index in [9.17, 15) is 9.59 Å². The van der Waals surface area contributed by atoms with E-state index in [1.165, 1.54) is 31.0 Å². The summed E-state index contributed by atoms with van der Waals surface area (Å²) in [5.74, 6) is 0.754. The maximum atomic E-state index is 12.6. The van der Waals surface area contributed by atoms with Gasteiger partial charge in [-0.25, -0.2) is 19.6 Å². The molecule has 180 valence electrons. The number of hydrogen-bond donors (Lipinski definition) is 2. The second-order valence-corrected chi connectivity index (χ2v) is 9.04. The van der Waals surface area contributed by atoms with Gasteiger partial charge in [0, 0.05) is 30.1 Å². The Kier molecular flexibility index (Phi) is 5.17. The number of amides is 2. The van der Waals surface area contributed by atoms with Crippen molar-refractivity contribution in [3.05, 3.63) is 67.4 Å². The Hall–Kier alpha value is -4.67. The first-order valence-corrected chi connectivity index (χ1v) is 11.6. The third-order valence-corrected chi connectivity index (χ3v) is 6.96. The Labute approximate surface area is 206 Å². The van der Waals surface area contributed by atoms with Crippen LogP contribution in [0.5, 0.6) is 0 Å². The van der Waals surface area contributed by atoms with Crippen molar-refractivity contribution in [3.63, 3.8) is 0 Å². The van der Waals surface area contributed by atoms with Crippen LogP contribution >= 0.6 is 0 Å². The Morgan fingerprint density at radius 1 is 1.08 bits per heavy atom. The Morgan fingerprint density at radius 3 is 2.61 bits per heavy atom. The number of nitrogen functional groups attached to an aromatic ring is 1. The molecule has 11 nitrogen and oxygen atoms in total. The van der Waals surface area contributed by atoms with Gasteiger partial charge in [0.25, 0.3) is 5.91 Å². The van der Waals surface area contributed by atoms with Crippen LogP contribution in [0.4, 0.5) is 11.6 Å². The molecule has 1 saturated carbocycles. The summed E-state index contributed by atoms with van der Waals surface area (Å²) in [6, 6.07) is 7.08. The smallest absolute Gasteiger partial charge is 0.256 e. The zero-order valence-electron chi connectivity index (χ0n) is 19.3. The molecule has 1 aliphatic heterocycles. The molecule has 0 spiro atoms. The molecule has 3 atom stereocenters. The van der Waals surface area contributed by atoms with E-state index in [1.54, 1.807) is 12.1 Å². The van der Waals surface area contributed by atoms with Gasteiger partial charge in [0.15, 0.2) is 11.5 Å². The van der Waals surface area contributed by atoms with Crippen LogP contribution in [0.2, 0.25) is 0 Å². The van der Waals surface area contributed by atoms with Crippen LogP contribution in [-0.4, -0.2) is 59.0 Å². The normalized spacial score (nSPS) is 20.6. The van der Waals surface area contributed by atoms with Gasteiger partial charge in [0.05, 0.1) is 23.7 Å². The minimum Gasteiger partial charge on any atom is -0.383 e. The Bertz CT molecular complexity index is 1480. The van der Waals surface area contributed by atoms with Gasteiger partial charge in [0.2, 0.25) is 5.91 Å². The number of nitrogens with one attached hydrogen (secondary N) is 1. The molecule has 2 amide bonds. The number of benzene rings is 1. The lowest BCUT2D eigenvalue weighted by Crippen LogP contribution is -2.42. The minimum atomic E-state index is -0.297. The molecule has 1 saturated heterocycles. The number of anilines is 2. The monoisotopic (exact) mass is 481 g/mol. The quantitative estimate of drug-likeness (QED) is 0.414. The van der Waals surface area contributed by atoms with Crippen molar-refractivity contribution in [2.45, 2.75) is 24.9 Å². The lowest BCUT2D eigenvalue weighted by Gasteiger charge is -2.32. The number of aromatic nitrogens is 6. The van der Waals surface area contributed by atoms with Gasteiger partial charge in [-0.05, 0) is 37.0 Å². The highest BCUT2D eigenvalue weighted by atomic mass is 16.2. The predicted octanol–water partition coefficient (Wildman–Crippen LogP) is 2.47. The van der Waals surface area contributed by atoms with E-state index in [0.717, 1.165) is 24.9 Å². The predicted molar refractivity (Wildman–Crippen MR) is 133 cm³/mol. The molecule has 11 heteroatoms. The van der Waals surface area contributed by atoms with Crippen LogP contribution in [0.15, 0.2) is 61.8 Å². The van der Waals surface area contributed by atoms with E-state index in [-0.39, 0.29) is 23.9 Å². The van der Waals surface area contributed by atoms with Gasteiger partial charge < -0.3 is 16.0 Å². The van der Waals surface area contributed by atoms with Crippen molar-refractivity contribution in [2.24, 2.45) is 5.92 Å². The summed E-state index contributed by atoms with van der Waals surface area (Å²) in [5, 5.41) is 8.31. The summed E-state index contributed by atoms with van der Waals surface area (Å²) < 4.78 is 1.89. The van der Waals surface area contributed by atoms with Crippen molar-refractivity contribution >= 4 is 34.5 Å². The summed E-state index contributed by atoms with van der Waals surface area (Å²) in [6.45, 7) is 4.39. The molecular formula is C25H23N9O2. The first-order chi connectivity index (χ1) is 17.5. The van der Waals surface area contributed by atoms with Crippen LogP contribution in [0.1, 0.15) is 29.2 Å². The number of piperidine rings is 1. The molecule has 36 heavy (non-hydrogen) atoms. The lowest BCUT2D eigenvalue weighted by molar-refractivity contribution is -0.128. The molecule has 1 aromatic carbocycles. The van der Waals surface area contributed by atoms with E-state index in [1.807, 2.05) is 21.7 Å². The largest absolute Gasteiger partial charge is 0.383 e. The number of carbonyl (C=O) groups excluding carboxylic acids is 2. The number of nitrogens with two attached hydrogens (primary N) is 1. The molecule has 3 aromatic heterocycles. The standard InChI is InChI=1S/C25H23N9O2/c1-2-20(35)33-12-14-9-17(33)18(10-14)34-24-21(23(26)29-13-30-24)22(32-34)15-3-5-16(6-4-15)25(36)31-19-11-27-7-8-28-19/h2-8,11,13-14,17-18H,1,9-10,12H2,(H2,26,29,30)(H,28,31,36). The minimum absolute atomic E-state index is 0.0183. The molecule has 4 heterocycles. The SMILES string of the molecule is C=CC(=O)N1CC2CC1C(n1nc(-c3ccc(C(=O)Nc4cnccn4)cc3)c3c(N)ncnc31)C2. The summed E-state index contributed by atoms with van der Waals surface area (Å²) in [5.41, 5.74) is 8.79. The molecule has 0 radical (unpaired) electrons. The molecule has 3 unspecified atom stereocenters. The number of rotatable bonds is 5. The fraction of sp³-hybridized carbons (Fsp3) is 0.240. The average Bonchev–Trinajstić information content (AvgIpc) is 3.62. The van der Waals surface area contributed by atoms with Crippen LogP contribution in [0.25, 0.3) is 22.3 Å². The fourth-order valence-corrected chi connectivity index (χ4v) is 5.38. The number of likely N-dealkylation sites (tertiary alicyclic amines) is 1. The van der Waals surface area contributed by atoms with Crippen LogP contribution in [0, 0.1) is 5.92 Å². The maximum Gasteiger partial charge on any atom is 0.256 e. The number of hydrogen-bond acceptors (Lipinski definition) is 8. The van der Waals surface area contributed by atoms with Gasteiger partial charge in [0.1, 0.15) is 17.8 Å². The van der Waals surface area contributed by atoms with E-state index in [0.29, 0.717) is 39.8 Å². The molecule has 3 N–H and O–H groups in total. The third kappa shape index (κ3) is 3.56. The highest BCUT2D eigenvalue weighted by Crippen LogP contribution is 2.46. The first-order valence-electron chi connectivity index (χ1n) is 11.6. The second-order valence-electron chi connectivity index (χ2n) is 9.04.